The van der Waals surface area contributed by atoms with E-state index in [4.69, 9.17) is 9.52 Å². The van der Waals surface area contributed by atoms with Crippen molar-refractivity contribution < 1.29 is 22.7 Å². The van der Waals surface area contributed by atoms with Crippen molar-refractivity contribution in [2.75, 3.05) is 7.05 Å². The highest BCUT2D eigenvalue weighted by Gasteiger charge is 2.24. The Balaban J connectivity index is 2.22. The molecule has 0 radical (unpaired) electrons. The van der Waals surface area contributed by atoms with Gasteiger partial charge in [0.15, 0.2) is 0 Å². The van der Waals surface area contributed by atoms with Crippen LogP contribution in [0.5, 0.6) is 0 Å². The van der Waals surface area contributed by atoms with Crippen molar-refractivity contribution in [3.8, 4) is 0 Å². The van der Waals surface area contributed by atoms with Crippen LogP contribution in [-0.4, -0.2) is 35.8 Å². The first-order valence-corrected chi connectivity index (χ1v) is 7.18. The second-order valence-corrected chi connectivity index (χ2v) is 6.37. The lowest BCUT2D eigenvalue weighted by Gasteiger charge is -2.14. The summed E-state index contributed by atoms with van der Waals surface area (Å²) in [5, 5.41) is 8.79. The van der Waals surface area contributed by atoms with Crippen molar-refractivity contribution in [1.82, 2.24) is 9.29 Å². The predicted molar refractivity (Wildman–Crippen MR) is 69.8 cm³/mol. The zero-order valence-electron chi connectivity index (χ0n) is 11.0. The molecule has 0 aliphatic carbocycles. The molecule has 2 N–H and O–H groups in total. The molecule has 0 fully saturated rings. The largest absolute Gasteiger partial charge is 0.477 e. The van der Waals surface area contributed by atoms with Crippen LogP contribution in [0.4, 0.5) is 0 Å². The Morgan fingerprint density at radius 3 is 2.65 bits per heavy atom. The summed E-state index contributed by atoms with van der Waals surface area (Å²) in [5.41, 5.74) is -0.175. The van der Waals surface area contributed by atoms with Crippen molar-refractivity contribution in [3.05, 3.63) is 41.6 Å². The SMILES string of the molecule is Cc1ccc(CN(C)S(=O)(=O)c2c[nH]c(C(=O)O)c2)o1. The molecular formula is C12H14N2O5S. The number of aryl methyl sites for hydroxylation is 1. The van der Waals surface area contributed by atoms with Crippen molar-refractivity contribution in [2.45, 2.75) is 18.4 Å². The minimum Gasteiger partial charge on any atom is -0.477 e. The van der Waals surface area contributed by atoms with Gasteiger partial charge in [-0.05, 0) is 25.1 Å². The Labute approximate surface area is 115 Å². The monoisotopic (exact) mass is 298 g/mol. The first kappa shape index (κ1) is 14.4. The summed E-state index contributed by atoms with van der Waals surface area (Å²) >= 11 is 0. The van der Waals surface area contributed by atoms with Gasteiger partial charge in [-0.2, -0.15) is 4.31 Å². The summed E-state index contributed by atoms with van der Waals surface area (Å²) in [6.07, 6.45) is 1.16. The number of aromatic carboxylic acids is 1. The number of sulfonamides is 1. The molecule has 0 spiro atoms. The fourth-order valence-corrected chi connectivity index (χ4v) is 2.83. The lowest BCUT2D eigenvalue weighted by atomic mass is 10.4. The van der Waals surface area contributed by atoms with Gasteiger partial charge < -0.3 is 14.5 Å². The van der Waals surface area contributed by atoms with E-state index < -0.39 is 16.0 Å². The molecule has 2 aromatic rings. The average molecular weight is 298 g/mol. The van der Waals surface area contributed by atoms with Crippen molar-refractivity contribution >= 4 is 16.0 Å². The Morgan fingerprint density at radius 1 is 1.45 bits per heavy atom. The maximum absolute atomic E-state index is 12.3. The number of carbonyl (C=O) groups is 1. The number of carboxylic acid groups (broad SMARTS) is 1. The van der Waals surface area contributed by atoms with Gasteiger partial charge in [-0.25, -0.2) is 13.2 Å². The van der Waals surface area contributed by atoms with Gasteiger partial charge in [0, 0.05) is 13.2 Å². The Bertz CT molecular complexity index is 729. The molecule has 108 valence electrons. The minimum atomic E-state index is -3.76. The molecule has 0 saturated carbocycles. The first-order valence-electron chi connectivity index (χ1n) is 5.74. The number of nitrogens with one attached hydrogen (secondary N) is 1. The normalized spacial score (nSPS) is 11.9. The number of hydrogen-bond acceptors (Lipinski definition) is 4. The Kier molecular flexibility index (Phi) is 3.69. The van der Waals surface area contributed by atoms with E-state index in [9.17, 15) is 13.2 Å². The van der Waals surface area contributed by atoms with Gasteiger partial charge in [0.05, 0.1) is 6.54 Å². The van der Waals surface area contributed by atoms with E-state index >= 15 is 0 Å². The molecule has 0 aliphatic rings. The van der Waals surface area contributed by atoms with Crippen LogP contribution in [0.3, 0.4) is 0 Å². The number of nitrogens with zero attached hydrogens (tertiary/aromatic N) is 1. The van der Waals surface area contributed by atoms with Crippen LogP contribution in [-0.2, 0) is 16.6 Å². The number of furan rings is 1. The zero-order chi connectivity index (χ0) is 14.9. The van der Waals surface area contributed by atoms with Gasteiger partial charge in [0.1, 0.15) is 22.1 Å². The molecule has 0 aromatic carbocycles. The van der Waals surface area contributed by atoms with Crippen LogP contribution in [0.1, 0.15) is 22.0 Å². The molecule has 0 unspecified atom stereocenters. The van der Waals surface area contributed by atoms with Crippen LogP contribution in [0.25, 0.3) is 0 Å². The smallest absolute Gasteiger partial charge is 0.352 e. The van der Waals surface area contributed by atoms with Gasteiger partial charge in [0.25, 0.3) is 0 Å². The molecule has 0 saturated heterocycles. The quantitative estimate of drug-likeness (QED) is 0.869. The number of aromatic nitrogens is 1. The third kappa shape index (κ3) is 2.75. The van der Waals surface area contributed by atoms with Crippen LogP contribution < -0.4 is 0 Å². The minimum absolute atomic E-state index is 0.0732. The predicted octanol–water partition coefficient (Wildman–Crippen LogP) is 1.44. The third-order valence-electron chi connectivity index (χ3n) is 2.77. The summed E-state index contributed by atoms with van der Waals surface area (Å²) in [7, 11) is -2.36. The van der Waals surface area contributed by atoms with Crippen molar-refractivity contribution in [1.29, 1.82) is 0 Å². The fraction of sp³-hybridized carbons (Fsp3) is 0.250. The van der Waals surface area contributed by atoms with Crippen LogP contribution in [0.2, 0.25) is 0 Å². The maximum Gasteiger partial charge on any atom is 0.352 e. The molecular weight excluding hydrogens is 284 g/mol. The molecule has 7 nitrogen and oxygen atoms in total. The Hall–Kier alpha value is -2.06. The van der Waals surface area contributed by atoms with E-state index in [1.165, 1.54) is 7.05 Å². The number of rotatable bonds is 5. The fourth-order valence-electron chi connectivity index (χ4n) is 1.70. The highest BCUT2D eigenvalue weighted by Crippen LogP contribution is 2.18. The molecule has 20 heavy (non-hydrogen) atoms. The van der Waals surface area contributed by atoms with E-state index in [1.807, 2.05) is 0 Å². The van der Waals surface area contributed by atoms with Gasteiger partial charge in [0.2, 0.25) is 10.0 Å². The average Bonchev–Trinajstić information content (AvgIpc) is 2.98. The number of carboxylic acids is 1. The number of H-pyrrole nitrogens is 1. The van der Waals surface area contributed by atoms with E-state index in [-0.39, 0.29) is 17.1 Å². The van der Waals surface area contributed by atoms with E-state index in [0.717, 1.165) is 16.6 Å². The van der Waals surface area contributed by atoms with Gasteiger partial charge in [-0.1, -0.05) is 0 Å². The van der Waals surface area contributed by atoms with Gasteiger partial charge >= 0.3 is 5.97 Å². The molecule has 0 bridgehead atoms. The van der Waals surface area contributed by atoms with E-state index in [0.29, 0.717) is 11.5 Å². The lowest BCUT2D eigenvalue weighted by molar-refractivity contribution is 0.0691. The highest BCUT2D eigenvalue weighted by atomic mass is 32.2. The maximum atomic E-state index is 12.3. The molecule has 0 atom stereocenters. The molecule has 2 aromatic heterocycles. The summed E-state index contributed by atoms with van der Waals surface area (Å²) in [5.74, 6) is -0.000984. The van der Waals surface area contributed by atoms with E-state index in [1.54, 1.807) is 19.1 Å². The summed E-state index contributed by atoms with van der Waals surface area (Å²) in [6.45, 7) is 1.84. The summed E-state index contributed by atoms with van der Waals surface area (Å²) < 4.78 is 30.9. The second-order valence-electron chi connectivity index (χ2n) is 4.33. The summed E-state index contributed by atoms with van der Waals surface area (Å²) in [6, 6.07) is 4.53. The van der Waals surface area contributed by atoms with E-state index in [2.05, 4.69) is 4.98 Å². The molecule has 0 amide bonds. The van der Waals surface area contributed by atoms with Crippen molar-refractivity contribution in [2.24, 2.45) is 0 Å². The highest BCUT2D eigenvalue weighted by molar-refractivity contribution is 7.89. The van der Waals surface area contributed by atoms with Crippen LogP contribution >= 0.6 is 0 Å². The standard InChI is InChI=1S/C12H14N2O5S/c1-8-3-4-9(19-8)7-14(2)20(17,18)10-5-11(12(15)16)13-6-10/h3-6,13H,7H2,1-2H3,(H,15,16). The lowest BCUT2D eigenvalue weighted by Crippen LogP contribution is -2.26. The van der Waals surface area contributed by atoms with Gasteiger partial charge in [-0.3, -0.25) is 0 Å². The molecule has 8 heteroatoms. The third-order valence-corrected chi connectivity index (χ3v) is 4.55. The topological polar surface area (TPSA) is 104 Å². The first-order chi connectivity index (χ1) is 9.30. The number of aromatic amines is 1. The molecule has 2 heterocycles. The molecule has 2 rings (SSSR count). The van der Waals surface area contributed by atoms with Gasteiger partial charge in [-0.15, -0.1) is 0 Å². The van der Waals surface area contributed by atoms with Crippen molar-refractivity contribution in [3.63, 3.8) is 0 Å². The number of hydrogen-bond donors (Lipinski definition) is 2. The molecule has 0 aliphatic heterocycles. The Morgan fingerprint density at radius 2 is 2.15 bits per heavy atom. The van der Waals surface area contributed by atoms with Crippen LogP contribution in [0.15, 0.2) is 33.7 Å². The second kappa shape index (κ2) is 5.14. The van der Waals surface area contributed by atoms with Crippen LogP contribution in [0, 0.1) is 6.92 Å². The zero-order valence-corrected chi connectivity index (χ0v) is 11.8. The summed E-state index contributed by atoms with van der Waals surface area (Å²) in [4.78, 5) is 13.1.